The lowest BCUT2D eigenvalue weighted by Crippen LogP contribution is -2.23. The number of rotatable bonds is 11. The summed E-state index contributed by atoms with van der Waals surface area (Å²) < 4.78 is 67.1. The Morgan fingerprint density at radius 3 is 2.23 bits per heavy atom. The van der Waals surface area contributed by atoms with Crippen LogP contribution in [0.25, 0.3) is 21.0 Å². The van der Waals surface area contributed by atoms with Crippen LogP contribution in [0.4, 0.5) is 18.9 Å². The number of thiazole rings is 1. The number of aliphatic hydroxyl groups excluding tert-OH is 1. The van der Waals surface area contributed by atoms with Crippen LogP contribution in [0, 0.1) is 0 Å². The van der Waals surface area contributed by atoms with Crippen molar-refractivity contribution in [2.24, 2.45) is 0 Å². The zero-order valence-electron chi connectivity index (χ0n) is 22.6. The molecule has 0 amide bonds. The summed E-state index contributed by atoms with van der Waals surface area (Å²) in [6.45, 7) is 1.03. The molecule has 0 aliphatic carbocycles. The number of sulfonamides is 1. The Kier molecular flexibility index (Phi) is 9.21. The largest absolute Gasteiger partial charge is 0.416 e. The topological polar surface area (TPSA) is 104 Å². The second-order valence-corrected chi connectivity index (χ2v) is 12.4. The summed E-state index contributed by atoms with van der Waals surface area (Å²) in [7, 11) is -3.84. The van der Waals surface area contributed by atoms with Crippen molar-refractivity contribution in [3.63, 3.8) is 0 Å². The molecule has 43 heavy (non-hydrogen) atoms. The number of anilines is 1. The summed E-state index contributed by atoms with van der Waals surface area (Å²) in [6.07, 6.45) is 0.545. The third-order valence-electron chi connectivity index (χ3n) is 6.62. The van der Waals surface area contributed by atoms with Crippen molar-refractivity contribution in [3.05, 3.63) is 120 Å². The van der Waals surface area contributed by atoms with E-state index in [0.29, 0.717) is 35.8 Å². The Morgan fingerprint density at radius 2 is 1.58 bits per heavy atom. The molecule has 5 rings (SSSR count). The van der Waals surface area contributed by atoms with Gasteiger partial charge in [-0.2, -0.15) is 13.2 Å². The van der Waals surface area contributed by atoms with Crippen LogP contribution in [-0.2, 0) is 22.6 Å². The average molecular weight is 625 g/mol. The number of nitrogens with one attached hydrogen (secondary N) is 2. The number of hydrogen-bond donors (Lipinski definition) is 3. The van der Waals surface area contributed by atoms with Gasteiger partial charge < -0.3 is 10.4 Å². The second-order valence-electron chi connectivity index (χ2n) is 9.69. The van der Waals surface area contributed by atoms with E-state index in [1.807, 2.05) is 18.2 Å². The molecule has 2 heterocycles. The van der Waals surface area contributed by atoms with Gasteiger partial charge >= 0.3 is 6.18 Å². The number of pyridine rings is 1. The van der Waals surface area contributed by atoms with Crippen molar-refractivity contribution in [2.45, 2.75) is 23.6 Å². The number of hydrogen-bond acceptors (Lipinski definition) is 7. The number of halogens is 3. The molecule has 0 radical (unpaired) electrons. The fraction of sp³-hybridized carbons (Fsp3) is 0.161. The van der Waals surface area contributed by atoms with Crippen LogP contribution < -0.4 is 10.0 Å². The van der Waals surface area contributed by atoms with Crippen LogP contribution in [0.5, 0.6) is 0 Å². The van der Waals surface area contributed by atoms with Gasteiger partial charge in [-0.15, -0.1) is 11.3 Å². The van der Waals surface area contributed by atoms with E-state index < -0.39 is 27.9 Å². The zero-order chi connectivity index (χ0) is 30.5. The van der Waals surface area contributed by atoms with E-state index in [1.165, 1.54) is 35.6 Å². The summed E-state index contributed by atoms with van der Waals surface area (Å²) in [5, 5.41) is 14.0. The molecule has 0 saturated heterocycles. The predicted molar refractivity (Wildman–Crippen MR) is 161 cm³/mol. The molecule has 0 aliphatic rings. The first-order valence-corrected chi connectivity index (χ1v) is 15.5. The Bertz CT molecular complexity index is 1740. The van der Waals surface area contributed by atoms with Gasteiger partial charge in [0.05, 0.1) is 21.4 Å². The molecule has 2 aromatic heterocycles. The summed E-state index contributed by atoms with van der Waals surface area (Å²) in [6, 6.07) is 21.8. The Morgan fingerprint density at radius 1 is 0.884 bits per heavy atom. The summed E-state index contributed by atoms with van der Waals surface area (Å²) >= 11 is 1.30. The fourth-order valence-electron chi connectivity index (χ4n) is 4.26. The molecule has 12 heteroatoms. The van der Waals surface area contributed by atoms with Crippen LogP contribution in [0.3, 0.4) is 0 Å². The molecule has 0 aliphatic heterocycles. The first kappa shape index (κ1) is 30.4. The SMILES string of the molecule is O=S(=O)(Nc1ccc(CCNCC(O)c2cccnc2)cc1)c1ccc(-c2cnc(-c3ccc(C(F)(F)F)cc3)s2)cc1. The fourth-order valence-corrected chi connectivity index (χ4v) is 6.24. The van der Waals surface area contributed by atoms with E-state index in [2.05, 4.69) is 20.0 Å². The van der Waals surface area contributed by atoms with Crippen LogP contribution >= 0.6 is 11.3 Å². The third kappa shape index (κ3) is 7.85. The van der Waals surface area contributed by atoms with Crippen molar-refractivity contribution in [1.29, 1.82) is 0 Å². The highest BCUT2D eigenvalue weighted by Crippen LogP contribution is 2.35. The molecule has 0 saturated carbocycles. The smallest absolute Gasteiger partial charge is 0.387 e. The predicted octanol–water partition coefficient (Wildman–Crippen LogP) is 6.56. The molecule has 0 fully saturated rings. The quantitative estimate of drug-likeness (QED) is 0.144. The number of aliphatic hydroxyl groups is 1. The van der Waals surface area contributed by atoms with Crippen LogP contribution in [0.1, 0.15) is 22.8 Å². The standard InChI is InChI=1S/C31H27F3N4O3S2/c32-31(33,34)25-9-5-23(6-10-25)30-37-20-29(42-30)22-7-13-27(14-8-22)43(40,41)38-26-11-3-21(4-12-26)15-17-36-19-28(39)24-2-1-16-35-18-24/h1-14,16,18,20,28,36,38-39H,15,17,19H2. The highest BCUT2D eigenvalue weighted by atomic mass is 32.2. The van der Waals surface area contributed by atoms with Gasteiger partial charge in [-0.25, -0.2) is 13.4 Å². The van der Waals surface area contributed by atoms with Gasteiger partial charge in [-0.05, 0) is 66.6 Å². The van der Waals surface area contributed by atoms with Crippen LogP contribution in [0.2, 0.25) is 0 Å². The van der Waals surface area contributed by atoms with Gasteiger partial charge in [0.2, 0.25) is 0 Å². The molecule has 3 aromatic carbocycles. The van der Waals surface area contributed by atoms with Gasteiger partial charge in [0.15, 0.2) is 0 Å². The van der Waals surface area contributed by atoms with Crippen molar-refractivity contribution >= 4 is 27.0 Å². The van der Waals surface area contributed by atoms with E-state index in [-0.39, 0.29) is 4.90 Å². The molecule has 3 N–H and O–H groups in total. The Balaban J connectivity index is 1.15. The zero-order valence-corrected chi connectivity index (χ0v) is 24.3. The van der Waals surface area contributed by atoms with Crippen molar-refractivity contribution < 1.29 is 26.7 Å². The van der Waals surface area contributed by atoms with E-state index in [0.717, 1.165) is 33.7 Å². The van der Waals surface area contributed by atoms with Crippen molar-refractivity contribution in [2.75, 3.05) is 17.8 Å². The number of benzene rings is 3. The molecule has 5 aromatic rings. The Hall–Kier alpha value is -4.10. The lowest BCUT2D eigenvalue weighted by atomic mass is 10.1. The van der Waals surface area contributed by atoms with Crippen molar-refractivity contribution in [3.8, 4) is 21.0 Å². The number of aromatic nitrogens is 2. The summed E-state index contributed by atoms with van der Waals surface area (Å²) in [4.78, 5) is 9.17. The second kappa shape index (κ2) is 13.0. The van der Waals surface area contributed by atoms with Crippen LogP contribution in [-0.4, -0.2) is 36.6 Å². The van der Waals surface area contributed by atoms with E-state index in [1.54, 1.807) is 48.9 Å². The minimum absolute atomic E-state index is 0.0872. The molecule has 0 spiro atoms. The van der Waals surface area contributed by atoms with Crippen LogP contribution in [0.15, 0.2) is 108 Å². The monoisotopic (exact) mass is 624 g/mol. The normalized spacial score (nSPS) is 12.7. The first-order valence-electron chi connectivity index (χ1n) is 13.2. The van der Waals surface area contributed by atoms with Crippen molar-refractivity contribution in [1.82, 2.24) is 15.3 Å². The van der Waals surface area contributed by atoms with E-state index in [4.69, 9.17) is 0 Å². The third-order valence-corrected chi connectivity index (χ3v) is 9.11. The first-order chi connectivity index (χ1) is 20.6. The molecular formula is C31H27F3N4O3S2. The molecule has 1 unspecified atom stereocenters. The lowest BCUT2D eigenvalue weighted by molar-refractivity contribution is -0.137. The van der Waals surface area contributed by atoms with Gasteiger partial charge in [-0.1, -0.05) is 42.5 Å². The average Bonchev–Trinajstić information content (AvgIpc) is 3.51. The van der Waals surface area contributed by atoms with Gasteiger partial charge in [-0.3, -0.25) is 9.71 Å². The minimum atomic E-state index is -4.40. The lowest BCUT2D eigenvalue weighted by Gasteiger charge is -2.12. The number of nitrogens with zero attached hydrogens (tertiary/aromatic N) is 2. The summed E-state index contributed by atoms with van der Waals surface area (Å²) in [5.74, 6) is 0. The highest BCUT2D eigenvalue weighted by molar-refractivity contribution is 7.92. The molecule has 0 bridgehead atoms. The van der Waals surface area contributed by atoms with E-state index in [9.17, 15) is 26.7 Å². The molecule has 222 valence electrons. The maximum atomic E-state index is 13.0. The highest BCUT2D eigenvalue weighted by Gasteiger charge is 2.30. The van der Waals surface area contributed by atoms with Gasteiger partial charge in [0.25, 0.3) is 10.0 Å². The summed E-state index contributed by atoms with van der Waals surface area (Å²) in [5.41, 5.74) is 2.76. The van der Waals surface area contributed by atoms with E-state index >= 15 is 0 Å². The van der Waals surface area contributed by atoms with Gasteiger partial charge in [0, 0.05) is 41.9 Å². The molecular weight excluding hydrogens is 597 g/mol. The number of alkyl halides is 3. The molecule has 7 nitrogen and oxygen atoms in total. The van der Waals surface area contributed by atoms with Gasteiger partial charge in [0.1, 0.15) is 5.01 Å². The maximum Gasteiger partial charge on any atom is 0.416 e. The molecule has 1 atom stereocenters. The Labute approximate surface area is 251 Å². The maximum absolute atomic E-state index is 13.0. The minimum Gasteiger partial charge on any atom is -0.387 e.